The standard InChI is InChI=1S/C46H41NO4S2/c1-35(2)43(48)51-47-44(49)50-42(33-52-45(36-21-9-3-10-22-36,37-23-11-4-12-24-37)38-25-13-5-14-26-38)34-53-46(39-27-15-6-16-28-39,40-29-17-7-18-30-40)41-31-19-8-20-32-41/h3-32,42H,1,33-34H2,2H3,(H,47,49). The molecule has 6 rings (SSSR count). The Morgan fingerprint density at radius 3 is 1.04 bits per heavy atom. The number of hydroxylamine groups is 1. The zero-order valence-corrected chi connectivity index (χ0v) is 31.1. The van der Waals surface area contributed by atoms with Crippen LogP contribution in [-0.4, -0.2) is 29.7 Å². The van der Waals surface area contributed by atoms with Crippen LogP contribution in [-0.2, 0) is 23.9 Å². The molecule has 266 valence electrons. The minimum absolute atomic E-state index is 0.157. The summed E-state index contributed by atoms with van der Waals surface area (Å²) in [6.07, 6.45) is -1.50. The number of benzene rings is 6. The summed E-state index contributed by atoms with van der Waals surface area (Å²) in [4.78, 5) is 30.6. The molecule has 0 saturated carbocycles. The molecule has 0 aliphatic heterocycles. The van der Waals surface area contributed by atoms with E-state index < -0.39 is 27.7 Å². The van der Waals surface area contributed by atoms with Crippen molar-refractivity contribution in [2.24, 2.45) is 0 Å². The number of carbonyl (C=O) groups excluding carboxylic acids is 2. The van der Waals surface area contributed by atoms with Crippen LogP contribution in [0.15, 0.2) is 194 Å². The number of thioether (sulfide) groups is 2. The fraction of sp³-hybridized carbons (Fsp3) is 0.130. The van der Waals surface area contributed by atoms with E-state index in [1.165, 1.54) is 6.92 Å². The number of amides is 1. The van der Waals surface area contributed by atoms with Crippen LogP contribution in [0.1, 0.15) is 40.3 Å². The summed E-state index contributed by atoms with van der Waals surface area (Å²) >= 11 is 3.41. The van der Waals surface area contributed by atoms with Gasteiger partial charge in [-0.2, -0.15) is 0 Å². The Labute approximate surface area is 320 Å². The van der Waals surface area contributed by atoms with Crippen molar-refractivity contribution in [1.82, 2.24) is 5.48 Å². The lowest BCUT2D eigenvalue weighted by Gasteiger charge is -2.38. The Morgan fingerprint density at radius 1 is 0.528 bits per heavy atom. The largest absolute Gasteiger partial charge is 0.442 e. The zero-order valence-electron chi connectivity index (χ0n) is 29.5. The Kier molecular flexibility index (Phi) is 12.5. The summed E-state index contributed by atoms with van der Waals surface area (Å²) in [5.41, 5.74) is 8.93. The molecular weight excluding hydrogens is 695 g/mol. The first-order chi connectivity index (χ1) is 25.9. The SMILES string of the molecule is C=C(C)C(=O)ONC(=O)OC(CSC(c1ccccc1)(c1ccccc1)c1ccccc1)CSC(c1ccccc1)(c1ccccc1)c1ccccc1. The number of hydrogen-bond donors (Lipinski definition) is 1. The van der Waals surface area contributed by atoms with Gasteiger partial charge in [0.05, 0.1) is 9.49 Å². The van der Waals surface area contributed by atoms with E-state index in [1.807, 2.05) is 36.4 Å². The van der Waals surface area contributed by atoms with E-state index in [0.717, 1.165) is 33.4 Å². The van der Waals surface area contributed by atoms with E-state index in [1.54, 1.807) is 23.5 Å². The van der Waals surface area contributed by atoms with Gasteiger partial charge in [0, 0.05) is 17.1 Å². The molecule has 7 heteroatoms. The van der Waals surface area contributed by atoms with Crippen LogP contribution in [0, 0.1) is 0 Å². The second kappa shape index (κ2) is 17.8. The predicted octanol–water partition coefficient (Wildman–Crippen LogP) is 10.6. The molecule has 0 atom stereocenters. The van der Waals surface area contributed by atoms with Gasteiger partial charge in [0.15, 0.2) is 0 Å². The molecule has 5 nitrogen and oxygen atoms in total. The van der Waals surface area contributed by atoms with Gasteiger partial charge in [0.2, 0.25) is 0 Å². The molecule has 0 spiro atoms. The maximum absolute atomic E-state index is 13.4. The summed E-state index contributed by atoms with van der Waals surface area (Å²) in [6.45, 7) is 5.12. The molecule has 6 aromatic carbocycles. The monoisotopic (exact) mass is 735 g/mol. The van der Waals surface area contributed by atoms with Crippen LogP contribution in [0.25, 0.3) is 0 Å². The van der Waals surface area contributed by atoms with Crippen molar-refractivity contribution in [3.63, 3.8) is 0 Å². The molecule has 0 saturated heterocycles. The Bertz CT molecular complexity index is 1740. The van der Waals surface area contributed by atoms with Gasteiger partial charge in [-0.05, 0) is 40.3 Å². The van der Waals surface area contributed by atoms with Gasteiger partial charge in [-0.25, -0.2) is 9.59 Å². The third-order valence-corrected chi connectivity index (χ3v) is 12.3. The van der Waals surface area contributed by atoms with Crippen LogP contribution >= 0.6 is 23.5 Å². The summed E-state index contributed by atoms with van der Waals surface area (Å²) in [5.74, 6) is 0.0685. The second-order valence-electron chi connectivity index (χ2n) is 12.5. The van der Waals surface area contributed by atoms with E-state index in [2.05, 4.69) is 158 Å². The molecule has 0 bridgehead atoms. The zero-order chi connectivity index (χ0) is 36.9. The van der Waals surface area contributed by atoms with Crippen molar-refractivity contribution in [1.29, 1.82) is 0 Å². The Hall–Kier alpha value is -5.50. The number of nitrogens with one attached hydrogen (secondary N) is 1. The predicted molar refractivity (Wildman–Crippen MR) is 218 cm³/mol. The summed E-state index contributed by atoms with van der Waals surface area (Å²) < 4.78 is 4.90. The fourth-order valence-electron chi connectivity index (χ4n) is 6.44. The molecule has 0 radical (unpaired) electrons. The quantitative estimate of drug-likeness (QED) is 0.0683. The summed E-state index contributed by atoms with van der Waals surface area (Å²) in [6, 6.07) is 62.5. The average Bonchev–Trinajstić information content (AvgIpc) is 3.22. The highest BCUT2D eigenvalue weighted by Crippen LogP contribution is 2.51. The number of hydrogen-bond acceptors (Lipinski definition) is 6. The lowest BCUT2D eigenvalue weighted by molar-refractivity contribution is -0.145. The number of rotatable bonds is 14. The molecule has 53 heavy (non-hydrogen) atoms. The summed E-state index contributed by atoms with van der Waals surface area (Å²) in [7, 11) is 0. The molecule has 1 N–H and O–H groups in total. The lowest BCUT2D eigenvalue weighted by Crippen LogP contribution is -2.36. The molecule has 1 amide bonds. The van der Waals surface area contributed by atoms with Gasteiger partial charge >= 0.3 is 12.1 Å². The van der Waals surface area contributed by atoms with Gasteiger partial charge in [0.25, 0.3) is 0 Å². The van der Waals surface area contributed by atoms with Crippen molar-refractivity contribution in [3.8, 4) is 0 Å². The molecule has 0 unspecified atom stereocenters. The average molecular weight is 736 g/mol. The van der Waals surface area contributed by atoms with Gasteiger partial charge in [-0.15, -0.1) is 29.0 Å². The molecular formula is C46H41NO4S2. The smallest absolute Gasteiger partial charge is 0.441 e. The molecule has 0 aliphatic carbocycles. The minimum Gasteiger partial charge on any atom is -0.442 e. The highest BCUT2D eigenvalue weighted by atomic mass is 32.2. The third-order valence-electron chi connectivity index (χ3n) is 8.90. The molecule has 6 aromatic rings. The van der Waals surface area contributed by atoms with Crippen molar-refractivity contribution in [2.45, 2.75) is 22.5 Å². The van der Waals surface area contributed by atoms with Crippen molar-refractivity contribution < 1.29 is 19.2 Å². The van der Waals surface area contributed by atoms with E-state index >= 15 is 0 Å². The van der Waals surface area contributed by atoms with E-state index in [-0.39, 0.29) is 5.57 Å². The molecule has 0 aromatic heterocycles. The highest BCUT2D eigenvalue weighted by molar-refractivity contribution is 8.01. The van der Waals surface area contributed by atoms with Gasteiger partial charge in [0.1, 0.15) is 6.10 Å². The van der Waals surface area contributed by atoms with Crippen molar-refractivity contribution in [3.05, 3.63) is 228 Å². The first-order valence-electron chi connectivity index (χ1n) is 17.4. The maximum atomic E-state index is 13.4. The minimum atomic E-state index is -0.861. The highest BCUT2D eigenvalue weighted by Gasteiger charge is 2.41. The van der Waals surface area contributed by atoms with Crippen molar-refractivity contribution >= 4 is 35.6 Å². The Morgan fingerprint density at radius 2 is 0.792 bits per heavy atom. The van der Waals surface area contributed by atoms with E-state index in [4.69, 9.17) is 9.57 Å². The van der Waals surface area contributed by atoms with Crippen molar-refractivity contribution in [2.75, 3.05) is 11.5 Å². The van der Waals surface area contributed by atoms with Crippen LogP contribution in [0.2, 0.25) is 0 Å². The van der Waals surface area contributed by atoms with Gasteiger partial charge in [-0.1, -0.05) is 189 Å². The van der Waals surface area contributed by atoms with E-state index in [9.17, 15) is 9.59 Å². The first-order valence-corrected chi connectivity index (χ1v) is 19.3. The molecule has 0 aliphatic rings. The van der Waals surface area contributed by atoms with E-state index in [0.29, 0.717) is 11.5 Å². The van der Waals surface area contributed by atoms with Crippen LogP contribution in [0.5, 0.6) is 0 Å². The van der Waals surface area contributed by atoms with Crippen LogP contribution < -0.4 is 5.48 Å². The number of ether oxygens (including phenoxy) is 1. The van der Waals surface area contributed by atoms with Gasteiger partial charge in [-0.3, -0.25) is 0 Å². The Balaban J connectivity index is 1.43. The fourth-order valence-corrected chi connectivity index (χ4v) is 9.65. The topological polar surface area (TPSA) is 64.6 Å². The second-order valence-corrected chi connectivity index (χ2v) is 14.9. The summed E-state index contributed by atoms with van der Waals surface area (Å²) in [5, 5.41) is 0. The molecule has 0 fully saturated rings. The third kappa shape index (κ3) is 8.60. The first kappa shape index (κ1) is 37.3. The lowest BCUT2D eigenvalue weighted by atomic mass is 9.84. The number of carbonyl (C=O) groups is 2. The molecule has 0 heterocycles. The van der Waals surface area contributed by atoms with Crippen LogP contribution in [0.4, 0.5) is 4.79 Å². The normalized spacial score (nSPS) is 11.4. The van der Waals surface area contributed by atoms with Gasteiger partial charge < -0.3 is 9.57 Å². The van der Waals surface area contributed by atoms with Crippen LogP contribution in [0.3, 0.4) is 0 Å². The maximum Gasteiger partial charge on any atom is 0.441 e.